The molecule has 0 spiro atoms. The topological polar surface area (TPSA) is 90.9 Å². The third kappa shape index (κ3) is 4.77. The van der Waals surface area contributed by atoms with Crippen LogP contribution in [-0.4, -0.2) is 25.2 Å². The van der Waals surface area contributed by atoms with E-state index in [4.69, 9.17) is 11.6 Å². The molecular weight excluding hydrogens is 436 g/mol. The molecule has 0 aromatic heterocycles. The first-order valence-electron chi connectivity index (χ1n) is 9.48. The molecule has 1 heterocycles. The largest absolute Gasteiger partial charge is 0.353 e. The number of rotatable bonds is 5. The zero-order valence-electron chi connectivity index (χ0n) is 16.3. The molecule has 0 fully saturated rings. The SMILES string of the molecule is O=C(NNS(=O)(=O)c1ccccc1)N1N=C(c2ccccc2)CC1c1ccc(Cl)cc1. The van der Waals surface area contributed by atoms with Gasteiger partial charge in [0.1, 0.15) is 0 Å². The van der Waals surface area contributed by atoms with Gasteiger partial charge in [-0.3, -0.25) is 5.43 Å². The van der Waals surface area contributed by atoms with Gasteiger partial charge >= 0.3 is 6.03 Å². The van der Waals surface area contributed by atoms with Crippen LogP contribution in [0, 0.1) is 0 Å². The molecule has 0 bridgehead atoms. The summed E-state index contributed by atoms with van der Waals surface area (Å²) in [6, 6.07) is 23.3. The van der Waals surface area contributed by atoms with Crippen LogP contribution >= 0.6 is 11.6 Å². The van der Waals surface area contributed by atoms with Crippen molar-refractivity contribution in [3.05, 3.63) is 101 Å². The Morgan fingerprint density at radius 1 is 0.935 bits per heavy atom. The van der Waals surface area contributed by atoms with E-state index in [2.05, 4.69) is 15.4 Å². The maximum Gasteiger partial charge on any atom is 0.353 e. The van der Waals surface area contributed by atoms with Crippen LogP contribution in [0.25, 0.3) is 0 Å². The summed E-state index contributed by atoms with van der Waals surface area (Å²) in [4.78, 5) is 15.1. The zero-order valence-corrected chi connectivity index (χ0v) is 17.8. The molecule has 0 saturated heterocycles. The maximum absolute atomic E-state index is 12.9. The van der Waals surface area contributed by atoms with Gasteiger partial charge in [-0.15, -0.1) is 4.83 Å². The van der Waals surface area contributed by atoms with Crippen LogP contribution in [-0.2, 0) is 10.0 Å². The van der Waals surface area contributed by atoms with Crippen molar-refractivity contribution in [1.29, 1.82) is 0 Å². The molecule has 3 aromatic carbocycles. The van der Waals surface area contributed by atoms with E-state index < -0.39 is 22.1 Å². The summed E-state index contributed by atoms with van der Waals surface area (Å²) in [5.74, 6) is 0. The van der Waals surface area contributed by atoms with Gasteiger partial charge in [-0.2, -0.15) is 5.10 Å². The predicted octanol–water partition coefficient (Wildman–Crippen LogP) is 4.09. The highest BCUT2D eigenvalue weighted by atomic mass is 35.5. The number of halogens is 1. The molecule has 0 radical (unpaired) electrons. The smallest absolute Gasteiger partial charge is 0.258 e. The second kappa shape index (κ2) is 8.89. The fourth-order valence-corrected chi connectivity index (χ4v) is 4.25. The third-order valence-electron chi connectivity index (χ3n) is 4.83. The summed E-state index contributed by atoms with van der Waals surface area (Å²) < 4.78 is 24.9. The number of urea groups is 1. The number of hydrogen-bond acceptors (Lipinski definition) is 4. The van der Waals surface area contributed by atoms with Gasteiger partial charge in [-0.05, 0) is 35.4 Å². The molecule has 0 saturated carbocycles. The molecule has 0 aliphatic carbocycles. The van der Waals surface area contributed by atoms with E-state index in [0.717, 1.165) is 16.8 Å². The van der Waals surface area contributed by atoms with E-state index in [9.17, 15) is 13.2 Å². The minimum absolute atomic E-state index is 0.0412. The number of nitrogens with one attached hydrogen (secondary N) is 2. The summed E-state index contributed by atoms with van der Waals surface area (Å²) in [5, 5.41) is 6.31. The van der Waals surface area contributed by atoms with E-state index in [0.29, 0.717) is 11.4 Å². The predicted molar refractivity (Wildman–Crippen MR) is 119 cm³/mol. The van der Waals surface area contributed by atoms with Crippen molar-refractivity contribution >= 4 is 33.4 Å². The van der Waals surface area contributed by atoms with Crippen LogP contribution in [0.2, 0.25) is 5.02 Å². The fraction of sp³-hybridized carbons (Fsp3) is 0.0909. The molecule has 1 aliphatic rings. The van der Waals surface area contributed by atoms with Crippen molar-refractivity contribution in [2.75, 3.05) is 0 Å². The van der Waals surface area contributed by atoms with Gasteiger partial charge in [0.25, 0.3) is 10.0 Å². The Labute approximate surface area is 185 Å². The molecule has 2 N–H and O–H groups in total. The van der Waals surface area contributed by atoms with Crippen molar-refractivity contribution in [2.24, 2.45) is 5.10 Å². The first kappa shape index (κ1) is 21.0. The van der Waals surface area contributed by atoms with E-state index in [1.165, 1.54) is 17.1 Å². The number of amides is 2. The molecule has 1 unspecified atom stereocenters. The number of hydrogen-bond donors (Lipinski definition) is 2. The van der Waals surface area contributed by atoms with Crippen LogP contribution in [0.3, 0.4) is 0 Å². The summed E-state index contributed by atoms with van der Waals surface area (Å²) in [6.45, 7) is 0. The number of sulfonamides is 1. The van der Waals surface area contributed by atoms with Crippen LogP contribution in [0.15, 0.2) is 94.9 Å². The zero-order chi connectivity index (χ0) is 21.8. The Morgan fingerprint density at radius 3 is 2.19 bits per heavy atom. The van der Waals surface area contributed by atoms with Gasteiger partial charge in [0.05, 0.1) is 16.6 Å². The van der Waals surface area contributed by atoms with Crippen LogP contribution in [0.1, 0.15) is 23.6 Å². The third-order valence-corrected chi connectivity index (χ3v) is 6.34. The number of hydrazine groups is 1. The molecule has 2 amide bonds. The van der Waals surface area contributed by atoms with E-state index >= 15 is 0 Å². The van der Waals surface area contributed by atoms with Gasteiger partial charge < -0.3 is 0 Å². The van der Waals surface area contributed by atoms with Crippen molar-refractivity contribution in [3.63, 3.8) is 0 Å². The lowest BCUT2D eigenvalue weighted by Crippen LogP contribution is -2.47. The van der Waals surface area contributed by atoms with Crippen molar-refractivity contribution in [3.8, 4) is 0 Å². The van der Waals surface area contributed by atoms with Crippen LogP contribution in [0.5, 0.6) is 0 Å². The van der Waals surface area contributed by atoms with Crippen molar-refractivity contribution in [1.82, 2.24) is 15.3 Å². The Kier molecular flexibility index (Phi) is 6.03. The van der Waals surface area contributed by atoms with Gasteiger partial charge in [-0.1, -0.05) is 72.3 Å². The van der Waals surface area contributed by atoms with Gasteiger partial charge in [0.2, 0.25) is 0 Å². The van der Waals surface area contributed by atoms with Gasteiger partial charge in [0.15, 0.2) is 0 Å². The Bertz CT molecular complexity index is 1200. The highest BCUT2D eigenvalue weighted by Crippen LogP contribution is 2.33. The average Bonchev–Trinajstić information content (AvgIpc) is 3.25. The number of carbonyl (C=O) groups is 1. The summed E-state index contributed by atoms with van der Waals surface area (Å²) in [6.07, 6.45) is 0.477. The van der Waals surface area contributed by atoms with E-state index in [-0.39, 0.29) is 4.90 Å². The summed E-state index contributed by atoms with van der Waals surface area (Å²) in [7, 11) is -3.91. The fourth-order valence-electron chi connectivity index (χ4n) is 3.27. The number of hydrazone groups is 1. The molecule has 1 aliphatic heterocycles. The van der Waals surface area contributed by atoms with Crippen molar-refractivity contribution in [2.45, 2.75) is 17.4 Å². The lowest BCUT2D eigenvalue weighted by molar-refractivity contribution is 0.184. The molecule has 158 valence electrons. The second-order valence-corrected chi connectivity index (χ2v) is 9.00. The molecule has 1 atom stereocenters. The normalized spacial score (nSPS) is 16.1. The van der Waals surface area contributed by atoms with Gasteiger partial charge in [0, 0.05) is 11.4 Å². The number of carbonyl (C=O) groups excluding carboxylic acids is 1. The maximum atomic E-state index is 12.9. The lowest BCUT2D eigenvalue weighted by Gasteiger charge is -2.22. The number of benzene rings is 3. The summed E-state index contributed by atoms with van der Waals surface area (Å²) >= 11 is 6.00. The Morgan fingerprint density at radius 2 is 1.55 bits per heavy atom. The molecular formula is C22H19ClN4O3S. The molecule has 7 nitrogen and oxygen atoms in total. The monoisotopic (exact) mass is 454 g/mol. The van der Waals surface area contributed by atoms with Crippen LogP contribution < -0.4 is 10.3 Å². The minimum atomic E-state index is -3.91. The van der Waals surface area contributed by atoms with Crippen LogP contribution in [0.4, 0.5) is 4.79 Å². The van der Waals surface area contributed by atoms with Crippen molar-refractivity contribution < 1.29 is 13.2 Å². The summed E-state index contributed by atoms with van der Waals surface area (Å²) in [5.41, 5.74) is 4.71. The molecule has 3 aromatic rings. The minimum Gasteiger partial charge on any atom is -0.258 e. The molecule has 4 rings (SSSR count). The first-order valence-corrected chi connectivity index (χ1v) is 11.3. The lowest BCUT2D eigenvalue weighted by atomic mass is 9.99. The second-order valence-electron chi connectivity index (χ2n) is 6.88. The first-order chi connectivity index (χ1) is 14.9. The Hall–Kier alpha value is -3.20. The highest BCUT2D eigenvalue weighted by molar-refractivity contribution is 7.89. The molecule has 31 heavy (non-hydrogen) atoms. The highest BCUT2D eigenvalue weighted by Gasteiger charge is 2.33. The van der Waals surface area contributed by atoms with E-state index in [1.807, 2.05) is 42.5 Å². The number of nitrogens with zero attached hydrogens (tertiary/aromatic N) is 2. The molecule has 9 heteroatoms. The standard InChI is InChI=1S/C22H19ClN4O3S/c23-18-13-11-17(12-14-18)21-15-20(16-7-3-1-4-8-16)25-27(21)22(28)24-26-31(29,30)19-9-5-2-6-10-19/h1-14,21,26H,15H2,(H,24,28). The van der Waals surface area contributed by atoms with Gasteiger partial charge in [-0.25, -0.2) is 18.2 Å². The average molecular weight is 455 g/mol. The quantitative estimate of drug-likeness (QED) is 0.569. The Balaban J connectivity index is 1.58. The van der Waals surface area contributed by atoms with E-state index in [1.54, 1.807) is 30.3 Å².